The average Bonchev–Trinajstić information content (AvgIpc) is 2.68. The van der Waals surface area contributed by atoms with Gasteiger partial charge in [0, 0.05) is 57.3 Å². The molecule has 0 saturated carbocycles. The van der Waals surface area contributed by atoms with Crippen molar-refractivity contribution in [1.29, 1.82) is 0 Å². The van der Waals surface area contributed by atoms with E-state index in [2.05, 4.69) is 16.8 Å². The molecule has 0 aliphatic carbocycles. The van der Waals surface area contributed by atoms with E-state index in [4.69, 9.17) is 5.11 Å². The maximum Gasteiger partial charge on any atom is 0.303 e. The molecule has 2 saturated heterocycles. The van der Waals surface area contributed by atoms with Crippen LogP contribution in [0, 0.1) is 18.7 Å². The van der Waals surface area contributed by atoms with Crippen LogP contribution in [0.3, 0.4) is 0 Å². The third-order valence-corrected chi connectivity index (χ3v) is 6.15. The largest absolute Gasteiger partial charge is 0.481 e. The highest BCUT2D eigenvalue weighted by Crippen LogP contribution is 2.28. The van der Waals surface area contributed by atoms with Crippen molar-refractivity contribution >= 4 is 11.9 Å². The molecule has 3 rings (SSSR count). The van der Waals surface area contributed by atoms with Gasteiger partial charge in [-0.15, -0.1) is 0 Å². The first-order valence-electron chi connectivity index (χ1n) is 10.0. The molecule has 1 N–H and O–H groups in total. The first kappa shape index (κ1) is 20.7. The Morgan fingerprint density at radius 2 is 1.89 bits per heavy atom. The summed E-state index contributed by atoms with van der Waals surface area (Å²) in [4.78, 5) is 30.7. The van der Waals surface area contributed by atoms with Crippen LogP contribution in [0.2, 0.25) is 0 Å². The number of aryl methyl sites for hydroxylation is 1. The molecule has 0 unspecified atom stereocenters. The van der Waals surface area contributed by atoms with E-state index in [0.717, 1.165) is 38.2 Å². The lowest BCUT2D eigenvalue weighted by molar-refractivity contribution is -0.137. The highest BCUT2D eigenvalue weighted by atomic mass is 19.1. The molecule has 6 nitrogen and oxygen atoms in total. The Hall–Kier alpha value is -1.99. The van der Waals surface area contributed by atoms with Gasteiger partial charge < -0.3 is 14.9 Å². The molecule has 0 bridgehead atoms. The van der Waals surface area contributed by atoms with Crippen LogP contribution in [-0.4, -0.2) is 84.0 Å². The fourth-order valence-corrected chi connectivity index (χ4v) is 4.43. The first-order valence-corrected chi connectivity index (χ1v) is 10.0. The van der Waals surface area contributed by atoms with Gasteiger partial charge in [0.05, 0.1) is 0 Å². The number of hydrogen-bond donors (Lipinski definition) is 1. The van der Waals surface area contributed by atoms with Crippen molar-refractivity contribution in [1.82, 2.24) is 14.7 Å². The Balaban J connectivity index is 1.73. The minimum Gasteiger partial charge on any atom is -0.481 e. The summed E-state index contributed by atoms with van der Waals surface area (Å²) in [6, 6.07) is 4.59. The quantitative estimate of drug-likeness (QED) is 0.833. The highest BCUT2D eigenvalue weighted by Gasteiger charge is 2.36. The topological polar surface area (TPSA) is 64.1 Å². The van der Waals surface area contributed by atoms with Gasteiger partial charge in [0.1, 0.15) is 5.82 Å². The van der Waals surface area contributed by atoms with E-state index in [9.17, 15) is 14.0 Å². The Labute approximate surface area is 165 Å². The monoisotopic (exact) mass is 391 g/mol. The number of halogens is 1. The van der Waals surface area contributed by atoms with Gasteiger partial charge in [0.2, 0.25) is 0 Å². The number of benzene rings is 1. The number of carboxylic acids is 1. The molecular weight excluding hydrogens is 361 g/mol. The number of likely N-dealkylation sites (tertiary alicyclic amines) is 1. The number of carbonyl (C=O) groups excluding carboxylic acids is 1. The van der Waals surface area contributed by atoms with E-state index in [-0.39, 0.29) is 18.2 Å². The van der Waals surface area contributed by atoms with Gasteiger partial charge in [0.25, 0.3) is 5.91 Å². The van der Waals surface area contributed by atoms with Gasteiger partial charge in [-0.05, 0) is 50.4 Å². The number of likely N-dealkylation sites (N-methyl/N-ethyl adjacent to an activating group) is 1. The Bertz CT molecular complexity index is 719. The summed E-state index contributed by atoms with van der Waals surface area (Å²) in [5, 5.41) is 9.15. The molecule has 2 aliphatic rings. The second kappa shape index (κ2) is 9.01. The average molecular weight is 391 g/mol. The molecule has 154 valence electrons. The van der Waals surface area contributed by atoms with Crippen LogP contribution in [0.15, 0.2) is 18.2 Å². The van der Waals surface area contributed by atoms with E-state index in [0.29, 0.717) is 31.1 Å². The third kappa shape index (κ3) is 4.89. The van der Waals surface area contributed by atoms with Gasteiger partial charge in [-0.1, -0.05) is 6.07 Å². The summed E-state index contributed by atoms with van der Waals surface area (Å²) in [7, 11) is 2.11. The number of aliphatic carboxylic acids is 1. The van der Waals surface area contributed by atoms with Crippen molar-refractivity contribution in [3.63, 3.8) is 0 Å². The summed E-state index contributed by atoms with van der Waals surface area (Å²) in [6.45, 7) is 6.92. The molecule has 1 amide bonds. The van der Waals surface area contributed by atoms with Crippen LogP contribution in [0.1, 0.15) is 35.2 Å². The molecule has 0 radical (unpaired) electrons. The normalized spacial score (nSPS) is 24.3. The predicted octanol–water partition coefficient (Wildman–Crippen LogP) is 2.08. The zero-order valence-corrected chi connectivity index (χ0v) is 16.7. The maximum atomic E-state index is 13.7. The van der Waals surface area contributed by atoms with Gasteiger partial charge in [-0.2, -0.15) is 0 Å². The van der Waals surface area contributed by atoms with E-state index in [1.54, 1.807) is 11.0 Å². The molecule has 1 aromatic rings. The number of carboxylic acid groups (broad SMARTS) is 1. The number of nitrogens with zero attached hydrogens (tertiary/aromatic N) is 3. The van der Waals surface area contributed by atoms with Crippen LogP contribution in [-0.2, 0) is 4.79 Å². The van der Waals surface area contributed by atoms with Crippen LogP contribution in [0.25, 0.3) is 0 Å². The molecule has 0 aromatic heterocycles. The summed E-state index contributed by atoms with van der Waals surface area (Å²) in [5.41, 5.74) is 1.16. The molecule has 2 atom stereocenters. The molecule has 1 aromatic carbocycles. The number of piperazine rings is 1. The van der Waals surface area contributed by atoms with Crippen LogP contribution < -0.4 is 0 Å². The highest BCUT2D eigenvalue weighted by molar-refractivity contribution is 5.95. The molecule has 0 spiro atoms. The standard InChI is InChI=1S/C21H30FN3O3/c1-15-3-5-17(22)13-18(15)21(28)25-8-7-19(16(14-25)4-6-20(26)27)24-11-9-23(2)10-12-24/h3,5,13,16,19H,4,6-12,14H2,1-2H3,(H,26,27)/t16-,19+/m0/s1. The molecule has 2 fully saturated rings. The summed E-state index contributed by atoms with van der Waals surface area (Å²) in [6.07, 6.45) is 1.49. The van der Waals surface area contributed by atoms with Crippen molar-refractivity contribution < 1.29 is 19.1 Å². The van der Waals surface area contributed by atoms with E-state index in [1.165, 1.54) is 12.1 Å². The minimum atomic E-state index is -0.804. The fraction of sp³-hybridized carbons (Fsp3) is 0.619. The smallest absolute Gasteiger partial charge is 0.303 e. The zero-order valence-electron chi connectivity index (χ0n) is 16.7. The number of carbonyl (C=O) groups is 2. The van der Waals surface area contributed by atoms with E-state index >= 15 is 0 Å². The molecule has 28 heavy (non-hydrogen) atoms. The van der Waals surface area contributed by atoms with Crippen LogP contribution in [0.5, 0.6) is 0 Å². The van der Waals surface area contributed by atoms with Crippen molar-refractivity contribution in [2.24, 2.45) is 5.92 Å². The molecular formula is C21H30FN3O3. The number of hydrogen-bond acceptors (Lipinski definition) is 4. The van der Waals surface area contributed by atoms with Crippen molar-refractivity contribution in [2.75, 3.05) is 46.3 Å². The summed E-state index contributed by atoms with van der Waals surface area (Å²) in [5.74, 6) is -1.26. The maximum absolute atomic E-state index is 13.7. The van der Waals surface area contributed by atoms with Gasteiger partial charge in [-0.3, -0.25) is 14.5 Å². The van der Waals surface area contributed by atoms with Crippen LogP contribution >= 0.6 is 0 Å². The lowest BCUT2D eigenvalue weighted by Crippen LogP contribution is -2.57. The van der Waals surface area contributed by atoms with Gasteiger partial charge in [-0.25, -0.2) is 4.39 Å². The minimum absolute atomic E-state index is 0.107. The summed E-state index contributed by atoms with van der Waals surface area (Å²) >= 11 is 0. The Morgan fingerprint density at radius 1 is 1.18 bits per heavy atom. The second-order valence-corrected chi connectivity index (χ2v) is 8.10. The Kier molecular flexibility index (Phi) is 6.67. The molecule has 2 aliphatic heterocycles. The third-order valence-electron chi connectivity index (χ3n) is 6.15. The van der Waals surface area contributed by atoms with Gasteiger partial charge >= 0.3 is 5.97 Å². The fourth-order valence-electron chi connectivity index (χ4n) is 4.43. The van der Waals surface area contributed by atoms with Gasteiger partial charge in [0.15, 0.2) is 0 Å². The number of amides is 1. The lowest BCUT2D eigenvalue weighted by Gasteiger charge is -2.46. The van der Waals surface area contributed by atoms with E-state index in [1.807, 2.05) is 6.92 Å². The SMILES string of the molecule is Cc1ccc(F)cc1C(=O)N1CC[C@@H](N2CCN(C)CC2)[C@@H](CCC(=O)O)C1. The lowest BCUT2D eigenvalue weighted by atomic mass is 9.86. The zero-order chi connectivity index (χ0) is 20.3. The second-order valence-electron chi connectivity index (χ2n) is 8.10. The molecule has 2 heterocycles. The number of rotatable bonds is 5. The van der Waals surface area contributed by atoms with E-state index < -0.39 is 11.8 Å². The molecule has 7 heteroatoms. The van der Waals surface area contributed by atoms with Crippen molar-refractivity contribution in [2.45, 2.75) is 32.2 Å². The van der Waals surface area contributed by atoms with Crippen molar-refractivity contribution in [3.8, 4) is 0 Å². The first-order chi connectivity index (χ1) is 13.3. The van der Waals surface area contributed by atoms with Crippen molar-refractivity contribution in [3.05, 3.63) is 35.1 Å². The Morgan fingerprint density at radius 3 is 2.57 bits per heavy atom. The predicted molar refractivity (Wildman–Crippen MR) is 105 cm³/mol. The summed E-state index contributed by atoms with van der Waals surface area (Å²) < 4.78 is 13.7. The van der Waals surface area contributed by atoms with Crippen LogP contribution in [0.4, 0.5) is 4.39 Å². The number of piperidine rings is 1.